The number of urea groups is 1. The van der Waals surface area contributed by atoms with Gasteiger partial charge in [-0.25, -0.2) is 18.2 Å². The molecule has 2 heterocycles. The Bertz CT molecular complexity index is 819. The highest BCUT2D eigenvalue weighted by atomic mass is 32.2. The predicted molar refractivity (Wildman–Crippen MR) is 92.6 cm³/mol. The van der Waals surface area contributed by atoms with Gasteiger partial charge in [0.2, 0.25) is 9.84 Å². The summed E-state index contributed by atoms with van der Waals surface area (Å²) >= 11 is 0. The molecule has 0 spiro atoms. The van der Waals surface area contributed by atoms with Gasteiger partial charge < -0.3 is 10.6 Å². The number of carbonyl (C=O) groups excluding carboxylic acids is 1. The lowest BCUT2D eigenvalue weighted by Crippen LogP contribution is -2.34. The van der Waals surface area contributed by atoms with E-state index >= 15 is 0 Å². The highest BCUT2D eigenvalue weighted by Gasteiger charge is 2.19. The van der Waals surface area contributed by atoms with E-state index in [4.69, 9.17) is 0 Å². The first-order valence-corrected chi connectivity index (χ1v) is 9.31. The van der Waals surface area contributed by atoms with E-state index in [1.807, 2.05) is 0 Å². The minimum atomic E-state index is -3.66. The number of sulfone groups is 1. The number of pyridine rings is 1. The first-order valence-electron chi connectivity index (χ1n) is 7.82. The molecule has 9 heteroatoms. The molecule has 25 heavy (non-hydrogen) atoms. The minimum Gasteiger partial charge on any atom is -0.337 e. The number of benzene rings is 1. The molecule has 1 aliphatic heterocycles. The van der Waals surface area contributed by atoms with Crippen molar-refractivity contribution in [2.45, 2.75) is 9.92 Å². The lowest BCUT2D eigenvalue weighted by atomic mass is 10.2. The van der Waals surface area contributed by atoms with Crippen molar-refractivity contribution in [3.05, 3.63) is 48.7 Å². The summed E-state index contributed by atoms with van der Waals surface area (Å²) in [5.74, 6) is 0.344. The maximum absolute atomic E-state index is 12.4. The van der Waals surface area contributed by atoms with Crippen LogP contribution in [0.25, 0.3) is 0 Å². The summed E-state index contributed by atoms with van der Waals surface area (Å²) in [6, 6.07) is 10.4. The van der Waals surface area contributed by atoms with Crippen LogP contribution in [0.3, 0.4) is 0 Å². The summed E-state index contributed by atoms with van der Waals surface area (Å²) in [5.41, 5.74) is 6.51. The molecule has 0 bridgehead atoms. The molecule has 1 aliphatic rings. The molecule has 3 rings (SSSR count). The second-order valence-electron chi connectivity index (χ2n) is 5.66. The van der Waals surface area contributed by atoms with Crippen LogP contribution in [0, 0.1) is 5.92 Å². The highest BCUT2D eigenvalue weighted by molar-refractivity contribution is 7.91. The number of aromatic nitrogens is 1. The smallest absolute Gasteiger partial charge is 0.319 e. The normalized spacial score (nSPS) is 15.0. The Morgan fingerprint density at radius 3 is 2.48 bits per heavy atom. The van der Waals surface area contributed by atoms with Gasteiger partial charge in [-0.1, -0.05) is 6.07 Å². The van der Waals surface area contributed by atoms with Crippen LogP contribution in [-0.2, 0) is 9.84 Å². The third-order valence-corrected chi connectivity index (χ3v) is 5.48. The number of nitrogens with zero attached hydrogens (tertiary/aromatic N) is 1. The van der Waals surface area contributed by atoms with Gasteiger partial charge in [0.25, 0.3) is 0 Å². The van der Waals surface area contributed by atoms with Crippen molar-refractivity contribution in [2.24, 2.45) is 5.92 Å². The van der Waals surface area contributed by atoms with Crippen LogP contribution in [0.5, 0.6) is 0 Å². The van der Waals surface area contributed by atoms with Crippen LogP contribution >= 0.6 is 0 Å². The van der Waals surface area contributed by atoms with Crippen molar-refractivity contribution < 1.29 is 13.2 Å². The number of hydrazine groups is 1. The van der Waals surface area contributed by atoms with E-state index < -0.39 is 9.84 Å². The van der Waals surface area contributed by atoms with Crippen LogP contribution < -0.4 is 21.5 Å². The molecule has 2 amide bonds. The highest BCUT2D eigenvalue weighted by Crippen LogP contribution is 2.20. The monoisotopic (exact) mass is 361 g/mol. The van der Waals surface area contributed by atoms with E-state index in [2.05, 4.69) is 26.5 Å². The van der Waals surface area contributed by atoms with Crippen LogP contribution in [0.15, 0.2) is 58.6 Å². The Kier molecular flexibility index (Phi) is 5.27. The molecule has 1 fully saturated rings. The lowest BCUT2D eigenvalue weighted by Gasteiger charge is -2.11. The van der Waals surface area contributed by atoms with Gasteiger partial charge in [0.15, 0.2) is 5.03 Å². The van der Waals surface area contributed by atoms with Crippen LogP contribution in [0.1, 0.15) is 0 Å². The fraction of sp³-hybridized carbons (Fsp3) is 0.250. The molecule has 1 aromatic heterocycles. The zero-order chi connectivity index (χ0) is 17.7. The molecule has 132 valence electrons. The number of hydrogen-bond acceptors (Lipinski definition) is 6. The maximum Gasteiger partial charge on any atom is 0.319 e. The first kappa shape index (κ1) is 17.3. The standard InChI is InChI=1S/C16H19N5O3S/c22-16(18-9-12-10-19-20-11-12)21-13-4-6-14(7-5-13)25(23,24)15-3-1-2-8-17-15/h1-8,12,19-20H,9-11H2,(H2,18,21,22). The Morgan fingerprint density at radius 1 is 1.12 bits per heavy atom. The number of carbonyl (C=O) groups is 1. The van der Waals surface area contributed by atoms with Crippen molar-refractivity contribution in [1.29, 1.82) is 0 Å². The van der Waals surface area contributed by atoms with E-state index in [0.29, 0.717) is 18.2 Å². The average Bonchev–Trinajstić information content (AvgIpc) is 3.15. The van der Waals surface area contributed by atoms with Crippen molar-refractivity contribution in [3.8, 4) is 0 Å². The molecule has 1 saturated heterocycles. The molecule has 0 aliphatic carbocycles. The zero-order valence-corrected chi connectivity index (χ0v) is 14.2. The third kappa shape index (κ3) is 4.32. The van der Waals surface area contributed by atoms with Gasteiger partial charge in [0.05, 0.1) is 4.90 Å². The molecule has 4 N–H and O–H groups in total. The average molecular weight is 361 g/mol. The summed E-state index contributed by atoms with van der Waals surface area (Å²) in [4.78, 5) is 15.9. The zero-order valence-electron chi connectivity index (χ0n) is 13.4. The minimum absolute atomic E-state index is 0.00719. The Balaban J connectivity index is 1.61. The van der Waals surface area contributed by atoms with Crippen LogP contribution in [0.2, 0.25) is 0 Å². The molecule has 2 aromatic rings. The number of nitrogens with one attached hydrogen (secondary N) is 4. The summed E-state index contributed by atoms with van der Waals surface area (Å²) in [6.45, 7) is 2.17. The predicted octanol–water partition coefficient (Wildman–Crippen LogP) is 0.760. The summed E-state index contributed by atoms with van der Waals surface area (Å²) in [6.07, 6.45) is 1.43. The topological polar surface area (TPSA) is 112 Å². The van der Waals surface area contributed by atoms with Crippen molar-refractivity contribution >= 4 is 21.6 Å². The van der Waals surface area contributed by atoms with Gasteiger partial charge in [-0.05, 0) is 36.4 Å². The molecular formula is C16H19N5O3S. The molecule has 1 aromatic carbocycles. The van der Waals surface area contributed by atoms with Gasteiger partial charge in [-0.15, -0.1) is 0 Å². The molecule has 0 unspecified atom stereocenters. The number of amides is 2. The number of hydrogen-bond donors (Lipinski definition) is 4. The molecular weight excluding hydrogens is 342 g/mol. The van der Waals surface area contributed by atoms with E-state index in [0.717, 1.165) is 13.1 Å². The second kappa shape index (κ2) is 7.60. The largest absolute Gasteiger partial charge is 0.337 e. The first-order chi connectivity index (χ1) is 12.1. The fourth-order valence-electron chi connectivity index (χ4n) is 2.41. The van der Waals surface area contributed by atoms with Crippen molar-refractivity contribution in [1.82, 2.24) is 21.2 Å². The Labute approximate surface area is 145 Å². The summed E-state index contributed by atoms with van der Waals surface area (Å²) in [5, 5.41) is 5.46. The van der Waals surface area contributed by atoms with E-state index in [-0.39, 0.29) is 16.0 Å². The molecule has 0 saturated carbocycles. The van der Waals surface area contributed by atoms with Crippen molar-refractivity contribution in [3.63, 3.8) is 0 Å². The lowest BCUT2D eigenvalue weighted by molar-refractivity contribution is 0.250. The van der Waals surface area contributed by atoms with E-state index in [1.165, 1.54) is 24.4 Å². The van der Waals surface area contributed by atoms with Crippen LogP contribution in [0.4, 0.5) is 10.5 Å². The molecule has 8 nitrogen and oxygen atoms in total. The maximum atomic E-state index is 12.4. The van der Waals surface area contributed by atoms with Gasteiger partial charge in [-0.3, -0.25) is 10.9 Å². The van der Waals surface area contributed by atoms with Crippen LogP contribution in [-0.4, -0.2) is 39.1 Å². The number of rotatable bonds is 5. The Hall–Kier alpha value is -2.49. The third-order valence-electron chi connectivity index (χ3n) is 3.79. The van der Waals surface area contributed by atoms with Gasteiger partial charge in [0, 0.05) is 37.4 Å². The quantitative estimate of drug-likeness (QED) is 0.626. The summed E-state index contributed by atoms with van der Waals surface area (Å²) < 4.78 is 24.9. The summed E-state index contributed by atoms with van der Waals surface area (Å²) in [7, 11) is -3.66. The second-order valence-corrected chi connectivity index (χ2v) is 7.56. The molecule has 0 radical (unpaired) electrons. The van der Waals surface area contributed by atoms with Gasteiger partial charge in [0.1, 0.15) is 0 Å². The van der Waals surface area contributed by atoms with Gasteiger partial charge >= 0.3 is 6.03 Å². The van der Waals surface area contributed by atoms with Gasteiger partial charge in [-0.2, -0.15) is 0 Å². The Morgan fingerprint density at radius 2 is 1.84 bits per heavy atom. The van der Waals surface area contributed by atoms with Crippen molar-refractivity contribution in [2.75, 3.05) is 25.0 Å². The number of anilines is 1. The molecule has 0 atom stereocenters. The fourth-order valence-corrected chi connectivity index (χ4v) is 3.60. The van der Waals surface area contributed by atoms with E-state index in [9.17, 15) is 13.2 Å². The van der Waals surface area contributed by atoms with E-state index in [1.54, 1.807) is 24.3 Å². The SMILES string of the molecule is O=C(NCC1CNNC1)Nc1ccc(S(=O)(=O)c2ccccn2)cc1.